The Hall–Kier alpha value is -2.40. The van der Waals surface area contributed by atoms with Gasteiger partial charge in [-0.1, -0.05) is 12.8 Å². The van der Waals surface area contributed by atoms with Crippen molar-refractivity contribution in [2.45, 2.75) is 49.3 Å². The van der Waals surface area contributed by atoms with Gasteiger partial charge in [-0.25, -0.2) is 14.8 Å². The number of hydrogen-bond donors (Lipinski definition) is 4. The summed E-state index contributed by atoms with van der Waals surface area (Å²) < 4.78 is 26.5. The molecule has 0 atom stereocenters. The van der Waals surface area contributed by atoms with Crippen LogP contribution in [0, 0.1) is 0 Å². The first-order valence-corrected chi connectivity index (χ1v) is 13.9. The van der Waals surface area contributed by atoms with Crippen LogP contribution in [0.2, 0.25) is 0 Å². The van der Waals surface area contributed by atoms with Gasteiger partial charge >= 0.3 is 6.03 Å². The maximum absolute atomic E-state index is 12.1. The summed E-state index contributed by atoms with van der Waals surface area (Å²) in [6.45, 7) is 2.71. The number of carbonyl (C=O) groups excluding carboxylic acids is 1. The molecule has 1 saturated heterocycles. The highest BCUT2D eigenvalue weighted by atomic mass is 32.3. The van der Waals surface area contributed by atoms with Crippen molar-refractivity contribution in [3.05, 3.63) is 36.0 Å². The molecule has 2 saturated carbocycles. The molecule has 9 nitrogen and oxygen atoms in total. The van der Waals surface area contributed by atoms with E-state index in [1.54, 1.807) is 6.26 Å². The van der Waals surface area contributed by atoms with Crippen LogP contribution in [0.1, 0.15) is 44.2 Å². The van der Waals surface area contributed by atoms with E-state index < -0.39 is 15.3 Å². The molecule has 0 unspecified atom stereocenters. The minimum absolute atomic E-state index is 0.195. The second-order valence-corrected chi connectivity index (χ2v) is 12.0. The average molecular weight is 488 g/mol. The highest BCUT2D eigenvalue weighted by Gasteiger charge is 2.46. The number of morpholine rings is 1. The third kappa shape index (κ3) is 4.86. The van der Waals surface area contributed by atoms with Gasteiger partial charge in [-0.3, -0.25) is 9.11 Å². The lowest BCUT2D eigenvalue weighted by molar-refractivity contribution is 0.122. The van der Waals surface area contributed by atoms with Gasteiger partial charge < -0.3 is 20.3 Å². The van der Waals surface area contributed by atoms with Crippen LogP contribution in [0.5, 0.6) is 0 Å². The van der Waals surface area contributed by atoms with E-state index in [2.05, 4.69) is 15.5 Å². The minimum atomic E-state index is -2.88. The highest BCUT2D eigenvalue weighted by molar-refractivity contribution is 8.24. The van der Waals surface area contributed by atoms with Crippen LogP contribution in [0.3, 0.4) is 0 Å². The Bertz CT molecular complexity index is 1030. The molecule has 0 radical (unpaired) electrons. The summed E-state index contributed by atoms with van der Waals surface area (Å²) in [5.74, 6) is 1.33. The molecule has 2 aliphatic carbocycles. The molecule has 2 heterocycles. The van der Waals surface area contributed by atoms with Gasteiger partial charge in [0.05, 0.1) is 18.9 Å². The molecule has 0 bridgehead atoms. The van der Waals surface area contributed by atoms with Gasteiger partial charge in [0.1, 0.15) is 10.6 Å². The van der Waals surface area contributed by atoms with E-state index in [4.69, 9.17) is 14.7 Å². The molecule has 1 aromatic heterocycles. The molecule has 1 aliphatic heterocycles. The number of rotatable bonds is 6. The van der Waals surface area contributed by atoms with Crippen LogP contribution in [-0.2, 0) is 9.48 Å². The number of ether oxygens (including phenoxy) is 1. The van der Waals surface area contributed by atoms with E-state index in [-0.39, 0.29) is 6.03 Å². The molecule has 184 valence electrons. The van der Waals surface area contributed by atoms with Crippen LogP contribution in [0.25, 0.3) is 11.4 Å². The Morgan fingerprint density at radius 1 is 1.12 bits per heavy atom. The topological polar surface area (TPSA) is 120 Å². The van der Waals surface area contributed by atoms with Crippen molar-refractivity contribution < 1.29 is 18.6 Å². The van der Waals surface area contributed by atoms with Gasteiger partial charge in [0.15, 0.2) is 5.82 Å². The van der Waals surface area contributed by atoms with Crippen LogP contribution in [0.4, 0.5) is 16.3 Å². The van der Waals surface area contributed by atoms with Crippen LogP contribution in [0.15, 0.2) is 30.3 Å². The fourth-order valence-electron chi connectivity index (χ4n) is 4.82. The minimum Gasteiger partial charge on any atom is -0.378 e. The fourth-order valence-corrected chi connectivity index (χ4v) is 6.38. The molecule has 34 heavy (non-hydrogen) atoms. The molecule has 4 N–H and O–H groups in total. The number of benzene rings is 1. The average Bonchev–Trinajstić information content (AvgIpc) is 3.48. The normalized spacial score (nSPS) is 20.7. The number of nitrogens with one attached hydrogen (secondary N) is 2. The Morgan fingerprint density at radius 3 is 2.41 bits per heavy atom. The second kappa shape index (κ2) is 9.33. The summed E-state index contributed by atoms with van der Waals surface area (Å²) in [5.41, 5.74) is 2.21. The van der Waals surface area contributed by atoms with Crippen LogP contribution < -0.4 is 15.5 Å². The third-order valence-electron chi connectivity index (χ3n) is 6.98. The quantitative estimate of drug-likeness (QED) is 0.476. The number of aromatic nitrogens is 2. The Kier molecular flexibility index (Phi) is 6.41. The lowest BCUT2D eigenvalue weighted by Gasteiger charge is -2.46. The fraction of sp³-hybridized carbons (Fsp3) is 0.542. The largest absolute Gasteiger partial charge is 0.378 e. The van der Waals surface area contributed by atoms with Gasteiger partial charge in [0.2, 0.25) is 0 Å². The van der Waals surface area contributed by atoms with Crippen molar-refractivity contribution in [3.8, 4) is 11.4 Å². The van der Waals surface area contributed by atoms with E-state index in [9.17, 15) is 13.9 Å². The van der Waals surface area contributed by atoms with Crippen molar-refractivity contribution >= 4 is 28.1 Å². The summed E-state index contributed by atoms with van der Waals surface area (Å²) in [7, 11) is -2.88. The van der Waals surface area contributed by atoms with E-state index in [0.29, 0.717) is 49.3 Å². The molecule has 1 aromatic carbocycles. The SMILES string of the molecule is CS(O)(O)C1(c2cc(N3CCOCC3)nc(-c3ccc(NC(=O)NC4CC4)cc3)n2)CCCC1. The summed E-state index contributed by atoms with van der Waals surface area (Å²) in [6, 6.07) is 9.49. The first-order chi connectivity index (χ1) is 16.3. The highest BCUT2D eigenvalue weighted by Crippen LogP contribution is 2.63. The predicted molar refractivity (Wildman–Crippen MR) is 135 cm³/mol. The zero-order chi connectivity index (χ0) is 23.8. The van der Waals surface area contributed by atoms with Gasteiger partial charge in [0.25, 0.3) is 0 Å². The Balaban J connectivity index is 1.48. The molecule has 0 spiro atoms. The van der Waals surface area contributed by atoms with Crippen molar-refractivity contribution in [3.63, 3.8) is 0 Å². The Labute approximate surface area is 201 Å². The molecule has 10 heteroatoms. The van der Waals surface area contributed by atoms with Gasteiger partial charge in [-0.2, -0.15) is 10.6 Å². The predicted octanol–water partition coefficient (Wildman–Crippen LogP) is 4.41. The maximum atomic E-state index is 12.1. The zero-order valence-electron chi connectivity index (χ0n) is 19.5. The lowest BCUT2D eigenvalue weighted by Crippen LogP contribution is -2.37. The van der Waals surface area contributed by atoms with E-state index in [1.807, 2.05) is 30.3 Å². The van der Waals surface area contributed by atoms with Crippen molar-refractivity contribution in [2.24, 2.45) is 0 Å². The van der Waals surface area contributed by atoms with Crippen LogP contribution >= 0.6 is 10.6 Å². The first kappa shape index (κ1) is 23.3. The third-order valence-corrected chi connectivity index (χ3v) is 9.08. The monoisotopic (exact) mass is 487 g/mol. The number of amides is 2. The lowest BCUT2D eigenvalue weighted by atomic mass is 10.0. The number of nitrogens with zero attached hydrogens (tertiary/aromatic N) is 3. The molecule has 3 aliphatic rings. The van der Waals surface area contributed by atoms with Crippen LogP contribution in [-0.4, -0.2) is 63.7 Å². The number of urea groups is 1. The number of hydrogen-bond acceptors (Lipinski definition) is 7. The van der Waals surface area contributed by atoms with E-state index >= 15 is 0 Å². The Morgan fingerprint density at radius 2 is 1.79 bits per heavy atom. The second-order valence-electron chi connectivity index (χ2n) is 9.52. The summed E-state index contributed by atoms with van der Waals surface area (Å²) in [5, 5.41) is 5.78. The van der Waals surface area contributed by atoms with E-state index in [0.717, 1.165) is 50.2 Å². The molecule has 5 rings (SSSR count). The summed E-state index contributed by atoms with van der Waals surface area (Å²) in [6.07, 6.45) is 6.90. The summed E-state index contributed by atoms with van der Waals surface area (Å²) in [4.78, 5) is 24.0. The zero-order valence-corrected chi connectivity index (χ0v) is 20.3. The van der Waals surface area contributed by atoms with Gasteiger partial charge in [0, 0.05) is 42.7 Å². The smallest absolute Gasteiger partial charge is 0.319 e. The summed E-state index contributed by atoms with van der Waals surface area (Å²) >= 11 is 0. The molecular formula is C24H33N5O4S. The number of carbonyl (C=O) groups is 1. The molecular weight excluding hydrogens is 454 g/mol. The first-order valence-electron chi connectivity index (χ1n) is 12.0. The maximum Gasteiger partial charge on any atom is 0.319 e. The standard InChI is InChI=1S/C24H33N5O4S/c1-34(31,32)24(10-2-3-11-24)20-16-21(29-12-14-33-15-13-29)28-22(27-20)17-4-6-18(7-5-17)25-23(30)26-19-8-9-19/h4-7,16,19,31-32H,2-3,8-15H2,1H3,(H2,25,26,30). The molecule has 2 amide bonds. The van der Waals surface area contributed by atoms with Gasteiger partial charge in [-0.15, -0.1) is 0 Å². The van der Waals surface area contributed by atoms with Gasteiger partial charge in [-0.05, 0) is 49.9 Å². The van der Waals surface area contributed by atoms with E-state index in [1.165, 1.54) is 0 Å². The number of anilines is 2. The molecule has 2 aromatic rings. The van der Waals surface area contributed by atoms with Crippen molar-refractivity contribution in [2.75, 3.05) is 42.8 Å². The van der Waals surface area contributed by atoms with Crippen molar-refractivity contribution in [1.29, 1.82) is 0 Å². The van der Waals surface area contributed by atoms with Crippen molar-refractivity contribution in [1.82, 2.24) is 15.3 Å². The molecule has 3 fully saturated rings.